The first kappa shape index (κ1) is 21.4. The van der Waals surface area contributed by atoms with Gasteiger partial charge in [-0.25, -0.2) is 14.7 Å². The molecule has 3 aromatic carbocycles. The molecule has 1 atom stereocenters. The van der Waals surface area contributed by atoms with Crippen LogP contribution in [-0.2, 0) is 0 Å². The predicted octanol–water partition coefficient (Wildman–Crippen LogP) is 7.43. The summed E-state index contributed by atoms with van der Waals surface area (Å²) in [4.78, 5) is 17.2. The van der Waals surface area contributed by atoms with Gasteiger partial charge in [-0.1, -0.05) is 42.5 Å². The number of pyridine rings is 2. The lowest BCUT2D eigenvalue weighted by molar-refractivity contribution is -0.488. The first-order valence-corrected chi connectivity index (χ1v) is 13.4. The van der Waals surface area contributed by atoms with E-state index in [2.05, 4.69) is 158 Å². The fraction of sp³-hybridized carbons (Fsp3) is 0.0303. The molecule has 0 N–H and O–H groups in total. The Bertz CT molecular complexity index is 1780. The van der Waals surface area contributed by atoms with E-state index >= 15 is 0 Å². The third kappa shape index (κ3) is 3.06. The van der Waals surface area contributed by atoms with Gasteiger partial charge in [0.2, 0.25) is 0 Å². The average Bonchev–Trinajstić information content (AvgIpc) is 2.98. The summed E-state index contributed by atoms with van der Waals surface area (Å²) in [6, 6.07) is 38.2. The van der Waals surface area contributed by atoms with Crippen LogP contribution >= 0.6 is 0 Å². The molecule has 7 nitrogen and oxygen atoms in total. The number of aromatic nitrogens is 2. The summed E-state index contributed by atoms with van der Waals surface area (Å²) in [6.45, 7) is 2.25. The van der Waals surface area contributed by atoms with Gasteiger partial charge in [-0.2, -0.15) is 0 Å². The maximum absolute atomic E-state index is 5.27. The van der Waals surface area contributed by atoms with Crippen molar-refractivity contribution in [2.75, 3.05) is 19.7 Å². The van der Waals surface area contributed by atoms with E-state index in [4.69, 9.17) is 9.97 Å². The Morgan fingerprint density at radius 3 is 1.75 bits per heavy atom. The number of hydrogen-bond acceptors (Lipinski definition) is 6. The summed E-state index contributed by atoms with van der Waals surface area (Å²) in [6.07, 6.45) is 6.45. The van der Waals surface area contributed by atoms with Crippen LogP contribution in [0.2, 0.25) is 0 Å². The second-order valence-corrected chi connectivity index (χ2v) is 10.2. The number of hydrazine groups is 1. The van der Waals surface area contributed by atoms with Gasteiger partial charge in [0.05, 0.1) is 24.5 Å². The molecule has 0 aliphatic carbocycles. The second kappa shape index (κ2) is 7.97. The number of rotatable bonds is 0. The summed E-state index contributed by atoms with van der Waals surface area (Å²) >= 11 is 0. The number of hydrazone groups is 1. The van der Waals surface area contributed by atoms with E-state index in [-0.39, 0.29) is 6.04 Å². The van der Waals surface area contributed by atoms with Crippen LogP contribution in [0.4, 0.5) is 57.4 Å². The molecule has 0 spiro atoms. The van der Waals surface area contributed by atoms with Gasteiger partial charge in [0.15, 0.2) is 0 Å². The fourth-order valence-corrected chi connectivity index (χ4v) is 6.10. The van der Waals surface area contributed by atoms with Crippen molar-refractivity contribution in [1.82, 2.24) is 9.97 Å². The van der Waals surface area contributed by atoms with Crippen molar-refractivity contribution in [2.45, 2.75) is 6.04 Å². The molecule has 5 aliphatic heterocycles. The third-order valence-corrected chi connectivity index (χ3v) is 7.79. The largest absolute Gasteiger partial charge is 0.327 e. The van der Waals surface area contributed by atoms with Gasteiger partial charge in [0, 0.05) is 17.1 Å². The van der Waals surface area contributed by atoms with Crippen LogP contribution in [0.5, 0.6) is 0 Å². The Hall–Kier alpha value is -5.56. The first-order valence-electron chi connectivity index (χ1n) is 13.4. The van der Waals surface area contributed by atoms with Crippen LogP contribution in [-0.4, -0.2) is 26.9 Å². The molecule has 0 amide bonds. The van der Waals surface area contributed by atoms with Gasteiger partial charge in [-0.05, 0) is 78.9 Å². The molecule has 7 heteroatoms. The van der Waals surface area contributed by atoms with Crippen LogP contribution in [0.25, 0.3) is 0 Å². The summed E-state index contributed by atoms with van der Waals surface area (Å²) in [5.74, 6) is 3.29. The minimum Gasteiger partial charge on any atom is -0.327 e. The Kier molecular flexibility index (Phi) is 4.26. The van der Waals surface area contributed by atoms with Gasteiger partial charge < -0.3 is 4.90 Å². The molecule has 7 heterocycles. The molecule has 2 aromatic heterocycles. The molecular weight excluding hydrogens is 494 g/mol. The van der Waals surface area contributed by atoms with Crippen molar-refractivity contribution >= 4 is 63.6 Å². The van der Waals surface area contributed by atoms with E-state index in [0.717, 1.165) is 57.4 Å². The molecule has 10 rings (SSSR count). The summed E-state index contributed by atoms with van der Waals surface area (Å²) in [5.41, 5.74) is 6.15. The van der Waals surface area contributed by atoms with Crippen LogP contribution in [0, 0.1) is 6.54 Å². The van der Waals surface area contributed by atoms with Gasteiger partial charge in [0.25, 0.3) is 0 Å². The van der Waals surface area contributed by atoms with Crippen LogP contribution in [0.15, 0.2) is 121 Å². The molecule has 5 aromatic rings. The number of anilines is 10. The van der Waals surface area contributed by atoms with Crippen molar-refractivity contribution in [3.05, 3.63) is 128 Å². The Labute approximate surface area is 231 Å². The van der Waals surface area contributed by atoms with E-state index in [9.17, 15) is 0 Å². The van der Waals surface area contributed by atoms with Crippen LogP contribution in [0.1, 0.15) is 0 Å². The van der Waals surface area contributed by atoms with Crippen LogP contribution < -0.4 is 19.7 Å². The van der Waals surface area contributed by atoms with E-state index in [1.54, 1.807) is 0 Å². The Morgan fingerprint density at radius 2 is 1.05 bits per heavy atom. The van der Waals surface area contributed by atoms with Gasteiger partial charge in [-0.15, -0.1) is 5.01 Å². The molecule has 16 bridgehead atoms. The zero-order chi connectivity index (χ0) is 26.2. The minimum atomic E-state index is -0.0866. The predicted molar refractivity (Wildman–Crippen MR) is 159 cm³/mol. The number of hydrogen-bond donors (Lipinski definition) is 0. The quantitative estimate of drug-likeness (QED) is 0.157. The second-order valence-electron chi connectivity index (χ2n) is 10.2. The monoisotopic (exact) mass is 517 g/mol. The molecule has 190 valence electrons. The molecule has 1 unspecified atom stereocenters. The number of nitrogens with zero attached hydrogens (tertiary/aromatic N) is 7. The molecule has 0 saturated heterocycles. The molecular formula is C33H23N7. The van der Waals surface area contributed by atoms with E-state index in [1.165, 1.54) is 0 Å². The van der Waals surface area contributed by atoms with Gasteiger partial charge in [-0.3, -0.25) is 9.80 Å². The SMILES string of the molecule is C1=CC2[CH-][N+](=C1)N1c3cccc(c3)N3c4cccc(c4)N2c2cccc(n2)N(c2cccc1c2)c1cccc3n1. The maximum atomic E-state index is 5.27. The average molecular weight is 518 g/mol. The van der Waals surface area contributed by atoms with Crippen LogP contribution in [0.3, 0.4) is 0 Å². The van der Waals surface area contributed by atoms with Crippen molar-refractivity contribution in [3.63, 3.8) is 0 Å². The highest BCUT2D eigenvalue weighted by Gasteiger charge is 2.31. The van der Waals surface area contributed by atoms with E-state index < -0.39 is 0 Å². The first-order chi connectivity index (χ1) is 19.8. The van der Waals surface area contributed by atoms with Crippen molar-refractivity contribution in [2.24, 2.45) is 0 Å². The lowest BCUT2D eigenvalue weighted by Gasteiger charge is -2.39. The normalized spacial score (nSPS) is 17.3. The summed E-state index contributed by atoms with van der Waals surface area (Å²) in [5, 5.41) is 2.26. The molecule has 0 fully saturated rings. The molecule has 5 aliphatic rings. The van der Waals surface area contributed by atoms with Gasteiger partial charge in [0.1, 0.15) is 34.6 Å². The van der Waals surface area contributed by atoms with E-state index in [0.29, 0.717) is 0 Å². The van der Waals surface area contributed by atoms with Crippen molar-refractivity contribution in [1.29, 1.82) is 0 Å². The highest BCUT2D eigenvalue weighted by Crippen LogP contribution is 2.45. The van der Waals surface area contributed by atoms with Crippen molar-refractivity contribution in [3.8, 4) is 0 Å². The Morgan fingerprint density at radius 1 is 0.550 bits per heavy atom. The molecule has 40 heavy (non-hydrogen) atoms. The number of benzene rings is 3. The highest BCUT2D eigenvalue weighted by molar-refractivity contribution is 5.85. The molecule has 0 saturated carbocycles. The van der Waals surface area contributed by atoms with Gasteiger partial charge >= 0.3 is 0 Å². The molecule has 0 radical (unpaired) electrons. The van der Waals surface area contributed by atoms with E-state index in [1.807, 2.05) is 0 Å². The number of allylic oxidation sites excluding steroid dienone is 1. The maximum Gasteiger partial charge on any atom is 0.141 e. The highest BCUT2D eigenvalue weighted by atomic mass is 15.6. The third-order valence-electron chi connectivity index (χ3n) is 7.79. The topological polar surface area (TPSA) is 41.8 Å². The fourth-order valence-electron chi connectivity index (χ4n) is 6.10. The lowest BCUT2D eigenvalue weighted by Crippen LogP contribution is -2.42. The van der Waals surface area contributed by atoms with Crippen molar-refractivity contribution < 1.29 is 4.68 Å². The zero-order valence-corrected chi connectivity index (χ0v) is 21.4. The smallest absolute Gasteiger partial charge is 0.141 e. The lowest BCUT2D eigenvalue weighted by atomic mass is 10.1. The zero-order valence-electron chi connectivity index (χ0n) is 21.4. The minimum absolute atomic E-state index is 0.0866. The Balaban J connectivity index is 1.51. The summed E-state index contributed by atoms with van der Waals surface area (Å²) < 4.78 is 2.19. The standard InChI is InChI=1S/C33H23N7/c1-7-23-19-24(8-1)38-29-13-6-18-36(22-29)40-27-11-2-9-25(20-27)37(23)30-14-4-16-32(34-30)39(26-10-3-12-28(40)21-26)33-17-5-15-31(38)35-33/h1-22,29H. The summed E-state index contributed by atoms with van der Waals surface area (Å²) in [7, 11) is 0.